The molecule has 0 fully saturated rings. The summed E-state index contributed by atoms with van der Waals surface area (Å²) in [5.74, 6) is 0.651. The standard InChI is InChI=1S/C14H17N5O/c1-9(13-16-8-17-19-13)18-14(20)12-6-10-4-2-3-5-11(10)7-15-12/h2-5,8-9,12,15H,6-7H2,1H3,(H,18,20)(H,16,17,19)/t9?,12-/m1/s1. The zero-order chi connectivity index (χ0) is 13.9. The molecule has 3 N–H and O–H groups in total. The van der Waals surface area contributed by atoms with Crippen molar-refractivity contribution >= 4 is 5.91 Å². The molecule has 20 heavy (non-hydrogen) atoms. The van der Waals surface area contributed by atoms with Crippen LogP contribution in [0.25, 0.3) is 0 Å². The summed E-state index contributed by atoms with van der Waals surface area (Å²) in [7, 11) is 0. The van der Waals surface area contributed by atoms with Crippen molar-refractivity contribution in [3.63, 3.8) is 0 Å². The third-order valence-electron chi connectivity index (χ3n) is 3.60. The highest BCUT2D eigenvalue weighted by atomic mass is 16.2. The van der Waals surface area contributed by atoms with Crippen molar-refractivity contribution in [2.75, 3.05) is 0 Å². The van der Waals surface area contributed by atoms with Crippen molar-refractivity contribution in [2.24, 2.45) is 0 Å². The van der Waals surface area contributed by atoms with E-state index in [2.05, 4.69) is 37.9 Å². The highest BCUT2D eigenvalue weighted by molar-refractivity contribution is 5.82. The fourth-order valence-electron chi connectivity index (χ4n) is 2.45. The van der Waals surface area contributed by atoms with Crippen molar-refractivity contribution in [1.82, 2.24) is 25.8 Å². The van der Waals surface area contributed by atoms with Gasteiger partial charge in [0.15, 0.2) is 0 Å². The molecule has 2 atom stereocenters. The van der Waals surface area contributed by atoms with Crippen LogP contribution in [-0.2, 0) is 17.8 Å². The molecular formula is C14H17N5O. The van der Waals surface area contributed by atoms with E-state index in [-0.39, 0.29) is 18.0 Å². The predicted octanol–water partition coefficient (Wildman–Crippen LogP) is 0.696. The molecule has 0 spiro atoms. The van der Waals surface area contributed by atoms with E-state index in [4.69, 9.17) is 0 Å². The molecule has 1 aliphatic heterocycles. The van der Waals surface area contributed by atoms with Crippen LogP contribution >= 0.6 is 0 Å². The minimum absolute atomic E-state index is 0.0107. The van der Waals surface area contributed by atoms with E-state index >= 15 is 0 Å². The minimum Gasteiger partial charge on any atom is -0.345 e. The molecule has 104 valence electrons. The van der Waals surface area contributed by atoms with Crippen molar-refractivity contribution in [3.8, 4) is 0 Å². The van der Waals surface area contributed by atoms with Gasteiger partial charge in [-0.25, -0.2) is 4.98 Å². The van der Waals surface area contributed by atoms with Crippen LogP contribution in [-0.4, -0.2) is 27.1 Å². The van der Waals surface area contributed by atoms with E-state index in [0.29, 0.717) is 12.2 Å². The van der Waals surface area contributed by atoms with Gasteiger partial charge in [0.2, 0.25) is 5.91 Å². The quantitative estimate of drug-likeness (QED) is 0.767. The molecule has 0 saturated carbocycles. The van der Waals surface area contributed by atoms with E-state index < -0.39 is 0 Å². The molecule has 0 aliphatic carbocycles. The summed E-state index contributed by atoms with van der Waals surface area (Å²) in [6.45, 7) is 2.61. The van der Waals surface area contributed by atoms with Gasteiger partial charge in [-0.3, -0.25) is 9.89 Å². The van der Waals surface area contributed by atoms with Gasteiger partial charge in [0.25, 0.3) is 0 Å². The molecule has 1 aromatic carbocycles. The zero-order valence-electron chi connectivity index (χ0n) is 11.3. The minimum atomic E-state index is -0.199. The summed E-state index contributed by atoms with van der Waals surface area (Å²) in [6.07, 6.45) is 2.15. The summed E-state index contributed by atoms with van der Waals surface area (Å²) in [5.41, 5.74) is 2.50. The smallest absolute Gasteiger partial charge is 0.238 e. The third-order valence-corrected chi connectivity index (χ3v) is 3.60. The summed E-state index contributed by atoms with van der Waals surface area (Å²) >= 11 is 0. The lowest BCUT2D eigenvalue weighted by molar-refractivity contribution is -0.124. The van der Waals surface area contributed by atoms with Gasteiger partial charge < -0.3 is 10.6 Å². The number of amides is 1. The lowest BCUT2D eigenvalue weighted by Crippen LogP contribution is -2.48. The Morgan fingerprint density at radius 3 is 2.95 bits per heavy atom. The first kappa shape index (κ1) is 12.8. The molecule has 1 amide bonds. The average molecular weight is 271 g/mol. The fourth-order valence-corrected chi connectivity index (χ4v) is 2.45. The first-order valence-electron chi connectivity index (χ1n) is 6.70. The second-order valence-electron chi connectivity index (χ2n) is 5.01. The number of hydrogen-bond acceptors (Lipinski definition) is 4. The topological polar surface area (TPSA) is 82.7 Å². The Balaban J connectivity index is 1.64. The maximum absolute atomic E-state index is 12.3. The second kappa shape index (κ2) is 5.42. The fraction of sp³-hybridized carbons (Fsp3) is 0.357. The molecule has 1 aliphatic rings. The molecule has 6 heteroatoms. The Morgan fingerprint density at radius 2 is 2.20 bits per heavy atom. The molecule has 2 aromatic rings. The molecule has 2 heterocycles. The molecule has 6 nitrogen and oxygen atoms in total. The number of nitrogens with zero attached hydrogens (tertiary/aromatic N) is 2. The predicted molar refractivity (Wildman–Crippen MR) is 73.7 cm³/mol. The van der Waals surface area contributed by atoms with Gasteiger partial charge in [0.05, 0.1) is 12.1 Å². The van der Waals surface area contributed by atoms with Gasteiger partial charge in [-0.05, 0) is 24.5 Å². The average Bonchev–Trinajstić information content (AvgIpc) is 3.01. The van der Waals surface area contributed by atoms with Crippen LogP contribution in [0.15, 0.2) is 30.6 Å². The number of hydrogen-bond donors (Lipinski definition) is 3. The molecule has 0 radical (unpaired) electrons. The summed E-state index contributed by atoms with van der Waals surface area (Å²) in [6, 6.07) is 7.83. The van der Waals surface area contributed by atoms with Crippen molar-refractivity contribution in [3.05, 3.63) is 47.5 Å². The number of nitrogens with one attached hydrogen (secondary N) is 3. The highest BCUT2D eigenvalue weighted by Crippen LogP contribution is 2.17. The van der Waals surface area contributed by atoms with Crippen LogP contribution in [0.1, 0.15) is 29.9 Å². The third kappa shape index (κ3) is 2.55. The van der Waals surface area contributed by atoms with Crippen LogP contribution in [0, 0.1) is 0 Å². The first-order valence-corrected chi connectivity index (χ1v) is 6.70. The van der Waals surface area contributed by atoms with E-state index in [9.17, 15) is 4.79 Å². The van der Waals surface area contributed by atoms with Crippen molar-refractivity contribution < 1.29 is 4.79 Å². The number of H-pyrrole nitrogens is 1. The zero-order valence-corrected chi connectivity index (χ0v) is 11.3. The molecule has 0 bridgehead atoms. The SMILES string of the molecule is CC(NC(=O)[C@H]1Cc2ccccc2CN1)c1ncn[nH]1. The van der Waals surface area contributed by atoms with Gasteiger partial charge in [-0.1, -0.05) is 24.3 Å². The van der Waals surface area contributed by atoms with Gasteiger partial charge in [0.1, 0.15) is 12.2 Å². The Kier molecular flexibility index (Phi) is 3.47. The van der Waals surface area contributed by atoms with Gasteiger partial charge in [0, 0.05) is 6.54 Å². The van der Waals surface area contributed by atoms with E-state index in [0.717, 1.165) is 6.54 Å². The van der Waals surface area contributed by atoms with Crippen LogP contribution in [0.2, 0.25) is 0 Å². The van der Waals surface area contributed by atoms with E-state index in [1.54, 1.807) is 0 Å². The largest absolute Gasteiger partial charge is 0.345 e. The van der Waals surface area contributed by atoms with Crippen LogP contribution < -0.4 is 10.6 Å². The Bertz CT molecular complexity index is 595. The number of rotatable bonds is 3. The monoisotopic (exact) mass is 271 g/mol. The van der Waals surface area contributed by atoms with Crippen LogP contribution in [0.5, 0.6) is 0 Å². The molecule has 3 rings (SSSR count). The highest BCUT2D eigenvalue weighted by Gasteiger charge is 2.25. The number of fused-ring (bicyclic) bond motifs is 1. The Labute approximate surface area is 117 Å². The maximum atomic E-state index is 12.3. The van der Waals surface area contributed by atoms with Crippen molar-refractivity contribution in [1.29, 1.82) is 0 Å². The molecule has 1 aromatic heterocycles. The van der Waals surface area contributed by atoms with Crippen LogP contribution in [0.4, 0.5) is 0 Å². The number of benzene rings is 1. The number of aromatic nitrogens is 3. The summed E-state index contributed by atoms with van der Waals surface area (Å²) in [4.78, 5) is 16.3. The Hall–Kier alpha value is -2.21. The maximum Gasteiger partial charge on any atom is 0.238 e. The molecule has 0 saturated heterocycles. The summed E-state index contributed by atoms with van der Waals surface area (Å²) < 4.78 is 0. The Morgan fingerprint density at radius 1 is 1.40 bits per heavy atom. The van der Waals surface area contributed by atoms with E-state index in [1.165, 1.54) is 17.5 Å². The number of aromatic amines is 1. The number of carbonyl (C=O) groups is 1. The molecular weight excluding hydrogens is 254 g/mol. The lowest BCUT2D eigenvalue weighted by atomic mass is 9.95. The first-order chi connectivity index (χ1) is 9.74. The van der Waals surface area contributed by atoms with Crippen molar-refractivity contribution in [2.45, 2.75) is 32.0 Å². The van der Waals surface area contributed by atoms with Crippen LogP contribution in [0.3, 0.4) is 0 Å². The molecule has 1 unspecified atom stereocenters. The number of carbonyl (C=O) groups excluding carboxylic acids is 1. The van der Waals surface area contributed by atoms with E-state index in [1.807, 2.05) is 19.1 Å². The van der Waals surface area contributed by atoms with Gasteiger partial charge in [-0.15, -0.1) is 0 Å². The second-order valence-corrected chi connectivity index (χ2v) is 5.01. The summed E-state index contributed by atoms with van der Waals surface area (Å²) in [5, 5.41) is 12.8. The normalized spacial score (nSPS) is 19.1. The van der Waals surface area contributed by atoms with Gasteiger partial charge >= 0.3 is 0 Å². The lowest BCUT2D eigenvalue weighted by Gasteiger charge is -2.26. The van der Waals surface area contributed by atoms with Gasteiger partial charge in [-0.2, -0.15) is 5.10 Å².